The van der Waals surface area contributed by atoms with Gasteiger partial charge in [0.25, 0.3) is 5.91 Å². The molecule has 0 aliphatic heterocycles. The van der Waals surface area contributed by atoms with E-state index in [1.165, 1.54) is 17.7 Å². The summed E-state index contributed by atoms with van der Waals surface area (Å²) in [5, 5.41) is 6.88. The molecule has 1 unspecified atom stereocenters. The molecule has 7 nitrogen and oxygen atoms in total. The summed E-state index contributed by atoms with van der Waals surface area (Å²) in [6.45, 7) is 3.59. The van der Waals surface area contributed by atoms with Gasteiger partial charge in [-0.1, -0.05) is 48.5 Å². The summed E-state index contributed by atoms with van der Waals surface area (Å²) in [4.78, 5) is 37.0. The molecule has 3 aromatic rings. The Morgan fingerprint density at radius 2 is 1.70 bits per heavy atom. The van der Waals surface area contributed by atoms with Crippen molar-refractivity contribution in [2.75, 3.05) is 6.54 Å². The van der Waals surface area contributed by atoms with Gasteiger partial charge in [0.15, 0.2) is 6.10 Å². The number of carbonyl (C=O) groups excluding carboxylic acids is 2. The van der Waals surface area contributed by atoms with E-state index in [0.29, 0.717) is 24.3 Å². The van der Waals surface area contributed by atoms with Crippen LogP contribution in [-0.4, -0.2) is 34.3 Å². The van der Waals surface area contributed by atoms with Gasteiger partial charge in [0.05, 0.1) is 5.69 Å². The van der Waals surface area contributed by atoms with E-state index in [0.717, 1.165) is 5.56 Å². The molecule has 30 heavy (non-hydrogen) atoms. The van der Waals surface area contributed by atoms with Crippen LogP contribution >= 0.6 is 0 Å². The third-order valence-electron chi connectivity index (χ3n) is 4.51. The van der Waals surface area contributed by atoms with E-state index < -0.39 is 23.4 Å². The quantitative estimate of drug-likeness (QED) is 0.610. The Hall–Kier alpha value is -3.74. The number of nitrogens with zero attached hydrogens (tertiary/aromatic N) is 2. The van der Waals surface area contributed by atoms with Gasteiger partial charge in [-0.3, -0.25) is 9.59 Å². The lowest BCUT2D eigenvalue weighted by molar-refractivity contribution is -0.129. The van der Waals surface area contributed by atoms with Crippen LogP contribution in [0.1, 0.15) is 28.7 Å². The molecular formula is C23H23N3O4. The molecule has 0 saturated heterocycles. The minimum Gasteiger partial charge on any atom is -0.448 e. The molecule has 0 spiro atoms. The number of para-hydroxylation sites is 1. The van der Waals surface area contributed by atoms with Gasteiger partial charge in [0.2, 0.25) is 11.1 Å². The van der Waals surface area contributed by atoms with Crippen LogP contribution in [0.25, 0.3) is 5.69 Å². The van der Waals surface area contributed by atoms with Gasteiger partial charge in [-0.15, -0.1) is 0 Å². The van der Waals surface area contributed by atoms with Crippen molar-refractivity contribution < 1.29 is 14.3 Å². The first-order valence-corrected chi connectivity index (χ1v) is 9.64. The number of amides is 1. The van der Waals surface area contributed by atoms with Crippen molar-refractivity contribution in [1.82, 2.24) is 15.1 Å². The Bertz CT molecular complexity index is 1080. The first kappa shape index (κ1) is 21.0. The summed E-state index contributed by atoms with van der Waals surface area (Å²) in [6.07, 6.45) is -0.393. The Morgan fingerprint density at radius 3 is 2.37 bits per heavy atom. The highest BCUT2D eigenvalue weighted by Gasteiger charge is 2.22. The third-order valence-corrected chi connectivity index (χ3v) is 4.51. The number of aryl methyl sites for hydroxylation is 1. The van der Waals surface area contributed by atoms with Crippen LogP contribution in [0.3, 0.4) is 0 Å². The molecule has 0 radical (unpaired) electrons. The molecule has 0 saturated carbocycles. The molecule has 1 N–H and O–H groups in total. The average Bonchev–Trinajstić information content (AvgIpc) is 2.75. The van der Waals surface area contributed by atoms with Gasteiger partial charge in [0.1, 0.15) is 0 Å². The lowest BCUT2D eigenvalue weighted by Gasteiger charge is -2.14. The fourth-order valence-corrected chi connectivity index (χ4v) is 2.91. The number of esters is 1. The molecule has 1 heterocycles. The second-order valence-electron chi connectivity index (χ2n) is 6.82. The highest BCUT2D eigenvalue weighted by molar-refractivity contribution is 5.90. The van der Waals surface area contributed by atoms with Gasteiger partial charge in [-0.05, 0) is 38.0 Å². The highest BCUT2D eigenvalue weighted by atomic mass is 16.5. The van der Waals surface area contributed by atoms with Gasteiger partial charge < -0.3 is 10.1 Å². The summed E-state index contributed by atoms with van der Waals surface area (Å²) in [6, 6.07) is 20.2. The van der Waals surface area contributed by atoms with Gasteiger partial charge in [0, 0.05) is 18.3 Å². The van der Waals surface area contributed by atoms with E-state index in [2.05, 4.69) is 10.4 Å². The number of aromatic nitrogens is 2. The van der Waals surface area contributed by atoms with Gasteiger partial charge in [-0.2, -0.15) is 5.10 Å². The predicted octanol–water partition coefficient (Wildman–Crippen LogP) is 2.45. The first-order valence-electron chi connectivity index (χ1n) is 9.64. The van der Waals surface area contributed by atoms with Crippen molar-refractivity contribution in [2.45, 2.75) is 26.4 Å². The second-order valence-corrected chi connectivity index (χ2v) is 6.82. The zero-order chi connectivity index (χ0) is 21.5. The highest BCUT2D eigenvalue weighted by Crippen LogP contribution is 2.09. The van der Waals surface area contributed by atoms with Crippen LogP contribution in [0.15, 0.2) is 71.5 Å². The van der Waals surface area contributed by atoms with E-state index in [1.54, 1.807) is 6.92 Å². The molecule has 1 amide bonds. The molecule has 3 rings (SSSR count). The number of ether oxygens (including phenoxy) is 1. The van der Waals surface area contributed by atoms with Crippen LogP contribution in [0.2, 0.25) is 0 Å². The Balaban J connectivity index is 1.64. The fraction of sp³-hybridized carbons (Fsp3) is 0.217. The number of benzene rings is 2. The normalized spacial score (nSPS) is 11.5. The van der Waals surface area contributed by atoms with E-state index in [4.69, 9.17) is 4.74 Å². The van der Waals surface area contributed by atoms with Crippen LogP contribution in [0, 0.1) is 6.92 Å². The maximum absolute atomic E-state index is 12.5. The zero-order valence-corrected chi connectivity index (χ0v) is 16.9. The topological polar surface area (TPSA) is 90.3 Å². The molecule has 0 aliphatic carbocycles. The van der Waals surface area contributed by atoms with Crippen LogP contribution in [0.4, 0.5) is 0 Å². The first-order chi connectivity index (χ1) is 14.5. The maximum Gasteiger partial charge on any atom is 0.363 e. The molecule has 0 fully saturated rings. The summed E-state index contributed by atoms with van der Waals surface area (Å²) >= 11 is 0. The standard InChI is InChI=1S/C23H23N3O4/c1-16-15-20(27)21(25-26(16)19-11-7-4-8-12-19)23(29)30-17(2)22(28)24-14-13-18-9-5-3-6-10-18/h3-12,15,17H,13-14H2,1-2H3,(H,24,28). The zero-order valence-electron chi connectivity index (χ0n) is 16.9. The number of rotatable bonds is 7. The molecule has 1 aromatic heterocycles. The van der Waals surface area contributed by atoms with Crippen molar-refractivity contribution in [3.63, 3.8) is 0 Å². The predicted molar refractivity (Wildman–Crippen MR) is 113 cm³/mol. The SMILES string of the molecule is Cc1cc(=O)c(C(=O)OC(C)C(=O)NCCc2ccccc2)nn1-c1ccccc1. The van der Waals surface area contributed by atoms with E-state index in [-0.39, 0.29) is 5.69 Å². The minimum absolute atomic E-state index is 0.367. The monoisotopic (exact) mass is 405 g/mol. The molecular weight excluding hydrogens is 382 g/mol. The van der Waals surface area contributed by atoms with Crippen molar-refractivity contribution in [3.8, 4) is 5.69 Å². The van der Waals surface area contributed by atoms with Crippen molar-refractivity contribution in [1.29, 1.82) is 0 Å². The van der Waals surface area contributed by atoms with E-state index in [1.807, 2.05) is 60.7 Å². The van der Waals surface area contributed by atoms with Crippen molar-refractivity contribution in [2.24, 2.45) is 0 Å². The third kappa shape index (κ3) is 5.20. The molecule has 2 aromatic carbocycles. The fourth-order valence-electron chi connectivity index (χ4n) is 2.91. The summed E-state index contributed by atoms with van der Waals surface area (Å²) in [7, 11) is 0. The number of hydrogen-bond acceptors (Lipinski definition) is 5. The van der Waals surface area contributed by atoms with Crippen molar-refractivity contribution >= 4 is 11.9 Å². The van der Waals surface area contributed by atoms with Crippen LogP contribution < -0.4 is 10.7 Å². The van der Waals surface area contributed by atoms with Crippen LogP contribution in [-0.2, 0) is 16.0 Å². The van der Waals surface area contributed by atoms with E-state index in [9.17, 15) is 14.4 Å². The maximum atomic E-state index is 12.5. The lowest BCUT2D eigenvalue weighted by Crippen LogP contribution is -2.38. The average molecular weight is 405 g/mol. The minimum atomic E-state index is -1.05. The summed E-state index contributed by atoms with van der Waals surface area (Å²) in [5.41, 5.74) is 1.45. The largest absolute Gasteiger partial charge is 0.448 e. The van der Waals surface area contributed by atoms with Gasteiger partial charge >= 0.3 is 5.97 Å². The lowest BCUT2D eigenvalue weighted by atomic mass is 10.1. The number of hydrogen-bond donors (Lipinski definition) is 1. The second kappa shape index (κ2) is 9.65. The Kier molecular flexibility index (Phi) is 6.75. The number of nitrogens with one attached hydrogen (secondary N) is 1. The van der Waals surface area contributed by atoms with Crippen molar-refractivity contribution in [3.05, 3.63) is 93.9 Å². The smallest absolute Gasteiger partial charge is 0.363 e. The molecule has 0 aliphatic rings. The Morgan fingerprint density at radius 1 is 1.07 bits per heavy atom. The van der Waals surface area contributed by atoms with E-state index >= 15 is 0 Å². The molecule has 7 heteroatoms. The number of carbonyl (C=O) groups is 2. The van der Waals surface area contributed by atoms with Gasteiger partial charge in [-0.25, -0.2) is 9.48 Å². The molecule has 1 atom stereocenters. The molecule has 154 valence electrons. The summed E-state index contributed by atoms with van der Waals surface area (Å²) in [5.74, 6) is -1.37. The molecule has 0 bridgehead atoms. The van der Waals surface area contributed by atoms with Crippen LogP contribution in [0.5, 0.6) is 0 Å². The Labute approximate surface area is 174 Å². The summed E-state index contributed by atoms with van der Waals surface area (Å²) < 4.78 is 6.67.